The fourth-order valence-electron chi connectivity index (χ4n) is 3.50. The maximum atomic E-state index is 12.1. The van der Waals surface area contributed by atoms with Gasteiger partial charge in [0.25, 0.3) is 0 Å². The number of hydrogen-bond acceptors (Lipinski definition) is 4. The van der Waals surface area contributed by atoms with E-state index in [1.807, 2.05) is 12.1 Å². The molecule has 142 valence electrons. The number of carbonyl (C=O) groups is 2. The van der Waals surface area contributed by atoms with Gasteiger partial charge in [-0.25, -0.2) is 0 Å². The molecule has 0 spiro atoms. The smallest absolute Gasteiger partial charge is 0.224 e. The molecule has 2 aliphatic rings. The number of morpholine rings is 1. The minimum atomic E-state index is -0.117. The Bertz CT molecular complexity index is 589. The maximum absolute atomic E-state index is 12.1. The molecule has 0 bridgehead atoms. The first-order valence-electron chi connectivity index (χ1n) is 9.73. The van der Waals surface area contributed by atoms with E-state index in [4.69, 9.17) is 4.74 Å². The summed E-state index contributed by atoms with van der Waals surface area (Å²) in [6.45, 7) is 4.63. The highest BCUT2D eigenvalue weighted by Gasteiger charge is 2.17. The predicted molar refractivity (Wildman–Crippen MR) is 102 cm³/mol. The summed E-state index contributed by atoms with van der Waals surface area (Å²) in [5.74, 6) is -0.0888. The zero-order valence-electron chi connectivity index (χ0n) is 15.4. The molecular formula is C20H29N3O3. The molecule has 0 unspecified atom stereocenters. The highest BCUT2D eigenvalue weighted by Crippen LogP contribution is 2.21. The number of anilines is 2. The third kappa shape index (κ3) is 5.46. The van der Waals surface area contributed by atoms with Crippen LogP contribution in [0.4, 0.5) is 11.4 Å². The monoisotopic (exact) mass is 359 g/mol. The van der Waals surface area contributed by atoms with E-state index in [0.29, 0.717) is 26.3 Å². The Morgan fingerprint density at radius 3 is 2.19 bits per heavy atom. The number of hydrogen-bond donors (Lipinski definition) is 1. The summed E-state index contributed by atoms with van der Waals surface area (Å²) in [4.78, 5) is 28.4. The Balaban J connectivity index is 1.44. The summed E-state index contributed by atoms with van der Waals surface area (Å²) in [5, 5.41) is 2.89. The van der Waals surface area contributed by atoms with Gasteiger partial charge in [0.05, 0.1) is 13.2 Å². The molecule has 1 aromatic rings. The predicted octanol–water partition coefficient (Wildman–Crippen LogP) is 2.64. The molecule has 26 heavy (non-hydrogen) atoms. The lowest BCUT2D eigenvalue weighted by Gasteiger charge is -2.26. The molecular weight excluding hydrogens is 330 g/mol. The molecule has 0 saturated carbocycles. The summed E-state index contributed by atoms with van der Waals surface area (Å²) in [6.07, 6.45) is 5.58. The average Bonchev–Trinajstić information content (AvgIpc) is 2.97. The van der Waals surface area contributed by atoms with Crippen molar-refractivity contribution in [1.29, 1.82) is 0 Å². The molecule has 6 heteroatoms. The van der Waals surface area contributed by atoms with Gasteiger partial charge in [-0.05, 0) is 37.1 Å². The second-order valence-corrected chi connectivity index (χ2v) is 6.99. The number of carbonyl (C=O) groups excluding carboxylic acids is 2. The van der Waals surface area contributed by atoms with E-state index < -0.39 is 0 Å². The van der Waals surface area contributed by atoms with Gasteiger partial charge < -0.3 is 19.9 Å². The second-order valence-electron chi connectivity index (χ2n) is 6.99. The van der Waals surface area contributed by atoms with Crippen molar-refractivity contribution in [2.75, 3.05) is 49.6 Å². The fourth-order valence-corrected chi connectivity index (χ4v) is 3.50. The molecule has 1 aromatic carbocycles. The molecule has 0 aliphatic carbocycles. The molecule has 0 atom stereocenters. The molecule has 2 amide bonds. The lowest BCUT2D eigenvalue weighted by Crippen LogP contribution is -2.40. The largest absolute Gasteiger partial charge is 0.378 e. The lowest BCUT2D eigenvalue weighted by molar-refractivity contribution is -0.136. The van der Waals surface area contributed by atoms with Gasteiger partial charge in [0.2, 0.25) is 11.8 Å². The number of ether oxygens (including phenoxy) is 1. The number of amides is 2. The first-order valence-corrected chi connectivity index (χ1v) is 9.73. The van der Waals surface area contributed by atoms with Crippen LogP contribution in [0.3, 0.4) is 0 Å². The summed E-state index contributed by atoms with van der Waals surface area (Å²) in [6, 6.07) is 8.03. The van der Waals surface area contributed by atoms with E-state index in [2.05, 4.69) is 22.3 Å². The highest BCUT2D eigenvalue weighted by molar-refractivity contribution is 5.93. The van der Waals surface area contributed by atoms with E-state index in [9.17, 15) is 9.59 Å². The molecule has 3 rings (SSSR count). The molecule has 2 saturated heterocycles. The van der Waals surface area contributed by atoms with Crippen LogP contribution in [0, 0.1) is 0 Å². The van der Waals surface area contributed by atoms with Crippen molar-refractivity contribution in [2.45, 2.75) is 38.5 Å². The van der Waals surface area contributed by atoms with Crippen molar-refractivity contribution >= 4 is 23.2 Å². The third-order valence-electron chi connectivity index (χ3n) is 5.05. The fraction of sp³-hybridized carbons (Fsp3) is 0.600. The van der Waals surface area contributed by atoms with Gasteiger partial charge in [0, 0.05) is 50.4 Å². The van der Waals surface area contributed by atoms with Crippen LogP contribution >= 0.6 is 0 Å². The molecule has 0 radical (unpaired) electrons. The second kappa shape index (κ2) is 9.57. The van der Waals surface area contributed by atoms with E-state index in [-0.39, 0.29) is 24.7 Å². The summed E-state index contributed by atoms with van der Waals surface area (Å²) >= 11 is 0. The maximum Gasteiger partial charge on any atom is 0.224 e. The van der Waals surface area contributed by atoms with Gasteiger partial charge >= 0.3 is 0 Å². The summed E-state index contributed by atoms with van der Waals surface area (Å²) in [5.41, 5.74) is 2.00. The van der Waals surface area contributed by atoms with Crippen LogP contribution in [-0.4, -0.2) is 56.1 Å². The minimum absolute atomic E-state index is 0.0277. The normalized spacial score (nSPS) is 18.3. The van der Waals surface area contributed by atoms with Crippen molar-refractivity contribution in [2.24, 2.45) is 0 Å². The van der Waals surface area contributed by atoms with E-state index in [1.165, 1.54) is 31.4 Å². The number of rotatable bonds is 5. The van der Waals surface area contributed by atoms with Crippen molar-refractivity contribution in [3.63, 3.8) is 0 Å². The van der Waals surface area contributed by atoms with Crippen LogP contribution in [0.15, 0.2) is 24.3 Å². The number of nitrogens with zero attached hydrogens (tertiary/aromatic N) is 2. The van der Waals surface area contributed by atoms with Gasteiger partial charge in [-0.1, -0.05) is 12.8 Å². The summed E-state index contributed by atoms with van der Waals surface area (Å²) in [7, 11) is 0. The Morgan fingerprint density at radius 2 is 1.54 bits per heavy atom. The van der Waals surface area contributed by atoms with Gasteiger partial charge in [0.1, 0.15) is 0 Å². The Labute approximate surface area is 155 Å². The van der Waals surface area contributed by atoms with Gasteiger partial charge in [-0.2, -0.15) is 0 Å². The number of benzene rings is 1. The van der Waals surface area contributed by atoms with E-state index in [1.54, 1.807) is 4.90 Å². The Kier molecular flexibility index (Phi) is 6.89. The first kappa shape index (κ1) is 18.7. The molecule has 1 N–H and O–H groups in total. The molecule has 6 nitrogen and oxygen atoms in total. The zero-order valence-corrected chi connectivity index (χ0v) is 15.4. The molecule has 2 fully saturated rings. The molecule has 2 aliphatic heterocycles. The van der Waals surface area contributed by atoms with E-state index >= 15 is 0 Å². The van der Waals surface area contributed by atoms with Gasteiger partial charge in [0.15, 0.2) is 0 Å². The van der Waals surface area contributed by atoms with Crippen molar-refractivity contribution < 1.29 is 14.3 Å². The molecule has 0 aromatic heterocycles. The average molecular weight is 359 g/mol. The third-order valence-corrected chi connectivity index (χ3v) is 5.05. The van der Waals surface area contributed by atoms with Crippen LogP contribution in [0.1, 0.15) is 38.5 Å². The van der Waals surface area contributed by atoms with Crippen LogP contribution in [-0.2, 0) is 14.3 Å². The standard InChI is InChI=1S/C20H29N3O3/c24-19(9-10-20(25)23-13-15-26-16-14-23)21-17-5-7-18(8-6-17)22-11-3-1-2-4-12-22/h5-8H,1-4,9-16H2,(H,21,24). The first-order chi connectivity index (χ1) is 12.7. The van der Waals surface area contributed by atoms with Crippen molar-refractivity contribution in [3.05, 3.63) is 24.3 Å². The van der Waals surface area contributed by atoms with E-state index in [0.717, 1.165) is 18.8 Å². The topological polar surface area (TPSA) is 61.9 Å². The van der Waals surface area contributed by atoms with Crippen molar-refractivity contribution in [1.82, 2.24) is 4.90 Å². The molecule has 2 heterocycles. The van der Waals surface area contributed by atoms with Gasteiger partial charge in [-0.3, -0.25) is 9.59 Å². The minimum Gasteiger partial charge on any atom is -0.378 e. The Hall–Kier alpha value is -2.08. The van der Waals surface area contributed by atoms with Crippen LogP contribution in [0.25, 0.3) is 0 Å². The number of nitrogens with one attached hydrogen (secondary N) is 1. The summed E-state index contributed by atoms with van der Waals surface area (Å²) < 4.78 is 5.24. The van der Waals surface area contributed by atoms with Crippen LogP contribution in [0.2, 0.25) is 0 Å². The lowest BCUT2D eigenvalue weighted by atomic mass is 10.2. The van der Waals surface area contributed by atoms with Crippen LogP contribution < -0.4 is 10.2 Å². The van der Waals surface area contributed by atoms with Crippen molar-refractivity contribution in [3.8, 4) is 0 Å². The SMILES string of the molecule is O=C(CCC(=O)N1CCOCC1)Nc1ccc(N2CCCCCC2)cc1. The quantitative estimate of drug-likeness (QED) is 0.878. The van der Waals surface area contributed by atoms with Gasteiger partial charge in [-0.15, -0.1) is 0 Å². The Morgan fingerprint density at radius 1 is 0.885 bits per heavy atom. The highest BCUT2D eigenvalue weighted by atomic mass is 16.5. The van der Waals surface area contributed by atoms with Crippen LogP contribution in [0.5, 0.6) is 0 Å². The zero-order chi connectivity index (χ0) is 18.2.